The van der Waals surface area contributed by atoms with Gasteiger partial charge in [-0.25, -0.2) is 14.4 Å². The summed E-state index contributed by atoms with van der Waals surface area (Å²) in [7, 11) is 0. The van der Waals surface area contributed by atoms with Crippen molar-refractivity contribution in [1.29, 1.82) is 0 Å². The van der Waals surface area contributed by atoms with Crippen molar-refractivity contribution in [3.8, 4) is 51.0 Å². The summed E-state index contributed by atoms with van der Waals surface area (Å²) in [4.78, 5) is 100.0. The summed E-state index contributed by atoms with van der Waals surface area (Å²) < 4.78 is 28.6. The van der Waals surface area contributed by atoms with Crippen molar-refractivity contribution >= 4 is 58.8 Å². The van der Waals surface area contributed by atoms with E-state index in [0.717, 1.165) is 236 Å². The molecule has 5 fully saturated rings. The molecule has 16 rings (SSSR count). The quantitative estimate of drug-likeness (QED) is 0.00813. The van der Waals surface area contributed by atoms with Crippen LogP contribution in [0, 0.1) is 27.9 Å². The highest BCUT2D eigenvalue weighted by molar-refractivity contribution is 6.21. The number of primary amides is 1. The number of benzene rings is 10. The van der Waals surface area contributed by atoms with Gasteiger partial charge >= 0.3 is 18.3 Å². The Kier molecular flexibility index (Phi) is 33.2. The number of morpholine rings is 1. The van der Waals surface area contributed by atoms with Gasteiger partial charge in [0.15, 0.2) is 0 Å². The average Bonchev–Trinajstić information content (AvgIpc) is 1.18. The van der Waals surface area contributed by atoms with E-state index in [1.54, 1.807) is 0 Å². The molecule has 0 saturated carbocycles. The molecule has 5 N–H and O–H groups in total. The Balaban J connectivity index is 0.000000156. The minimum absolute atomic E-state index is 0.107. The van der Waals surface area contributed by atoms with Gasteiger partial charge in [-0.1, -0.05) is 243 Å². The first kappa shape index (κ1) is 91.4. The molecule has 1 unspecified atom stereocenters. The minimum atomic E-state index is -0.836. The van der Waals surface area contributed by atoms with Crippen LogP contribution < -0.4 is 26.4 Å². The first-order chi connectivity index (χ1) is 62.7. The van der Waals surface area contributed by atoms with Crippen molar-refractivity contribution in [3.63, 3.8) is 0 Å². The molecule has 6 heterocycles. The molecule has 0 radical (unpaired) electrons. The van der Waals surface area contributed by atoms with Crippen LogP contribution in [0.5, 0.6) is 5.75 Å². The number of rotatable bonds is 30. The van der Waals surface area contributed by atoms with Crippen molar-refractivity contribution in [1.82, 2.24) is 29.4 Å². The largest absolute Gasteiger partial charge is 0.492 e. The number of hydrogen-bond donors (Lipinski definition) is 4. The predicted molar refractivity (Wildman–Crippen MR) is 499 cm³/mol. The molecular formula is C104H115N11O13. The van der Waals surface area contributed by atoms with Crippen LogP contribution in [-0.2, 0) is 35.6 Å². The first-order valence-corrected chi connectivity index (χ1v) is 45.0. The van der Waals surface area contributed by atoms with E-state index in [0.29, 0.717) is 32.7 Å². The third kappa shape index (κ3) is 25.3. The number of carbonyl (C=O) groups excluding carboxylic acids is 6. The maximum Gasteiger partial charge on any atom is 0.411 e. The Morgan fingerprint density at radius 2 is 0.820 bits per heavy atom. The zero-order valence-electron chi connectivity index (χ0n) is 72.6. The Bertz CT molecular complexity index is 5180. The number of nitrogens with zero attached hydrogens (tertiary/aromatic N) is 7. The molecule has 10 aromatic carbocycles. The van der Waals surface area contributed by atoms with E-state index in [-0.39, 0.29) is 52.9 Å². The molecule has 10 aromatic rings. The van der Waals surface area contributed by atoms with Crippen molar-refractivity contribution in [2.45, 2.75) is 101 Å². The van der Waals surface area contributed by atoms with E-state index in [2.05, 4.69) is 76.6 Å². The van der Waals surface area contributed by atoms with Crippen LogP contribution in [0.3, 0.4) is 0 Å². The first-order valence-electron chi connectivity index (χ1n) is 45.0. The monoisotopic (exact) mass is 1730 g/mol. The standard InChI is InChI=1S/C40H42N4O4.C32H34N4O6.C32H39N3O3/c45-39(41-37-19-9-7-17-35(37)31-13-3-1-4-14-31)47-33-21-27-43(28-22-33)25-11-12-26-44-29-23-34(24-30-44)48-40(46)42-38-20-10-8-18-36(38)32-15-5-2-6-16-32;37-30-27-15-14-24(36(40)41)22-28(27)31(38)35(30)19-9-2-1-8-18-34-20-16-25(17-21-34)42-32(39)33-29-13-7-6-12-26(29)23-10-4-3-5-11-23;33-31(36)32(27-7-3-1-4-8-27,28-9-5-2-6-10-28)29-16-18-35(25-29)17-15-26-11-13-30(14-12-26)38-24-21-34-19-22-37-23-20-34/h1-10,13-20,33-34H,21-30H2,(H,41,45)(H,42,46);3-7,10-15,22,25H,1-2,8-9,16-21H2,(H,33,39);1-14,29H,15-25H2,(H2,33,36). The molecule has 1 atom stereocenters. The van der Waals surface area contributed by atoms with E-state index >= 15 is 0 Å². The normalized spacial score (nSPS) is 16.7. The van der Waals surface area contributed by atoms with E-state index in [1.165, 1.54) is 28.7 Å². The topological polar surface area (TPSA) is 273 Å². The molecule has 6 amide bonds. The van der Waals surface area contributed by atoms with Crippen LogP contribution in [0.1, 0.15) is 108 Å². The third-order valence-electron chi connectivity index (χ3n) is 24.8. The summed E-state index contributed by atoms with van der Waals surface area (Å²) in [6.07, 6.45) is 8.52. The number of nitro benzene ring substituents is 1. The van der Waals surface area contributed by atoms with Gasteiger partial charge < -0.3 is 39.2 Å². The highest BCUT2D eigenvalue weighted by atomic mass is 16.6. The summed E-state index contributed by atoms with van der Waals surface area (Å²) in [5.41, 5.74) is 17.0. The Morgan fingerprint density at radius 3 is 1.27 bits per heavy atom. The van der Waals surface area contributed by atoms with Gasteiger partial charge in [-0.3, -0.25) is 60.0 Å². The molecule has 5 saturated heterocycles. The van der Waals surface area contributed by atoms with Gasteiger partial charge in [-0.15, -0.1) is 0 Å². The fraction of sp³-hybridized carbons (Fsp3) is 0.346. The minimum Gasteiger partial charge on any atom is -0.492 e. The van der Waals surface area contributed by atoms with E-state index in [1.807, 2.05) is 224 Å². The lowest BCUT2D eigenvalue weighted by Crippen LogP contribution is -2.49. The summed E-state index contributed by atoms with van der Waals surface area (Å²) in [6, 6.07) is 85.6. The number of nitrogens with one attached hydrogen (secondary N) is 3. The summed E-state index contributed by atoms with van der Waals surface area (Å²) in [5, 5.41) is 19.8. The van der Waals surface area contributed by atoms with Crippen LogP contribution in [-0.4, -0.2) is 213 Å². The molecule has 128 heavy (non-hydrogen) atoms. The molecule has 0 aromatic heterocycles. The smallest absolute Gasteiger partial charge is 0.411 e. The van der Waals surface area contributed by atoms with E-state index in [4.69, 9.17) is 29.4 Å². The second kappa shape index (κ2) is 46.6. The number of imide groups is 1. The van der Waals surface area contributed by atoms with Crippen molar-refractivity contribution < 1.29 is 57.4 Å². The van der Waals surface area contributed by atoms with Crippen LogP contribution in [0.25, 0.3) is 33.4 Å². The zero-order valence-corrected chi connectivity index (χ0v) is 72.6. The maximum atomic E-state index is 13.3. The average molecular weight is 1730 g/mol. The van der Waals surface area contributed by atoms with E-state index < -0.39 is 34.5 Å². The van der Waals surface area contributed by atoms with Gasteiger partial charge in [0, 0.05) is 107 Å². The number of likely N-dealkylation sites (tertiary alicyclic amines) is 4. The fourth-order valence-electron chi connectivity index (χ4n) is 17.8. The highest BCUT2D eigenvalue weighted by Gasteiger charge is 2.50. The van der Waals surface area contributed by atoms with Crippen LogP contribution in [0.15, 0.2) is 267 Å². The Morgan fingerprint density at radius 1 is 0.422 bits per heavy atom. The number of amides is 6. The number of piperidine rings is 3. The van der Waals surface area contributed by atoms with Crippen molar-refractivity contribution in [2.24, 2.45) is 11.7 Å². The van der Waals surface area contributed by atoms with Gasteiger partial charge in [-0.2, -0.15) is 0 Å². The number of para-hydroxylation sites is 3. The number of anilines is 3. The second-order valence-electron chi connectivity index (χ2n) is 33.2. The Hall–Kier alpha value is -12.9. The van der Waals surface area contributed by atoms with Crippen LogP contribution >= 0.6 is 0 Å². The summed E-state index contributed by atoms with van der Waals surface area (Å²) in [6.45, 7) is 15.7. The van der Waals surface area contributed by atoms with E-state index in [9.17, 15) is 38.9 Å². The number of fused-ring (bicyclic) bond motifs is 1. The summed E-state index contributed by atoms with van der Waals surface area (Å²) in [5.74, 6) is 6.56. The molecule has 6 aliphatic rings. The lowest BCUT2D eigenvalue weighted by atomic mass is 9.64. The SMILES string of the molecule is NC(=O)C(c1ccccc1)(c1ccccc1)C1CCN(CCc2ccc(OCCN3CCOCC3)cc2)C1.O=C(Nc1ccccc1-c1ccccc1)OC1CCN(CC#CCN2CCC(OC(=O)Nc3ccccc3-c3ccccc3)CC2)CC1.O=C(Nc1ccccc1-c1ccccc1)OC1CCN(CCCCCCN2C(=O)c3ccc([N+](=O)[O-])cc3C2=O)CC1. The number of ether oxygens (including phenoxy) is 5. The van der Waals surface area contributed by atoms with Crippen LogP contribution in [0.4, 0.5) is 37.1 Å². The number of unbranched alkanes of at least 4 members (excludes halogenated alkanes) is 3. The number of nitrogens with two attached hydrogens (primary N) is 1. The lowest BCUT2D eigenvalue weighted by molar-refractivity contribution is -0.384. The highest BCUT2D eigenvalue weighted by Crippen LogP contribution is 2.44. The Labute approximate surface area is 750 Å². The van der Waals surface area contributed by atoms with Gasteiger partial charge in [0.05, 0.1) is 59.4 Å². The molecule has 0 spiro atoms. The number of hydrogen-bond acceptors (Lipinski definition) is 18. The summed E-state index contributed by atoms with van der Waals surface area (Å²) >= 11 is 0. The molecule has 0 aliphatic carbocycles. The van der Waals surface area contributed by atoms with Crippen LogP contribution in [0.2, 0.25) is 0 Å². The fourth-order valence-corrected chi connectivity index (χ4v) is 17.8. The van der Waals surface area contributed by atoms with Crippen molar-refractivity contribution in [3.05, 3.63) is 305 Å². The molecular weight excluding hydrogens is 1610 g/mol. The van der Waals surface area contributed by atoms with Gasteiger partial charge in [0.1, 0.15) is 36.1 Å². The maximum absolute atomic E-state index is 13.3. The number of non-ortho nitro benzene ring substituents is 1. The zero-order chi connectivity index (χ0) is 88.7. The molecule has 24 nitrogen and oxygen atoms in total. The third-order valence-corrected chi connectivity index (χ3v) is 24.8. The number of carbonyl (C=O) groups is 6. The van der Waals surface area contributed by atoms with Gasteiger partial charge in [0.25, 0.3) is 17.5 Å². The number of nitro groups is 1. The molecule has 664 valence electrons. The van der Waals surface area contributed by atoms with Gasteiger partial charge in [-0.05, 0) is 153 Å². The lowest BCUT2D eigenvalue weighted by Gasteiger charge is -2.37. The molecule has 6 aliphatic heterocycles. The predicted octanol–water partition coefficient (Wildman–Crippen LogP) is 17.6. The molecule has 0 bridgehead atoms. The second-order valence-corrected chi connectivity index (χ2v) is 33.2. The van der Waals surface area contributed by atoms with Gasteiger partial charge in [0.2, 0.25) is 5.91 Å². The van der Waals surface area contributed by atoms with Crippen molar-refractivity contribution in [2.75, 3.05) is 140 Å². The molecule has 24 heteroatoms.